The number of nitrogens with zero attached hydrogens (tertiary/aromatic N) is 2. The fourth-order valence-corrected chi connectivity index (χ4v) is 4.86. The van der Waals surface area contributed by atoms with E-state index in [4.69, 9.17) is 9.47 Å². The van der Waals surface area contributed by atoms with Crippen molar-refractivity contribution in [3.63, 3.8) is 0 Å². The molecule has 2 fully saturated rings. The summed E-state index contributed by atoms with van der Waals surface area (Å²) in [5.74, 6) is 1.18. The van der Waals surface area contributed by atoms with Crippen molar-refractivity contribution in [2.24, 2.45) is 0 Å². The van der Waals surface area contributed by atoms with Gasteiger partial charge in [0.15, 0.2) is 0 Å². The first-order valence-corrected chi connectivity index (χ1v) is 11.5. The Morgan fingerprint density at radius 1 is 1.29 bits per heavy atom. The van der Waals surface area contributed by atoms with Crippen molar-refractivity contribution < 1.29 is 19.1 Å². The molecule has 4 rings (SSSR count). The van der Waals surface area contributed by atoms with Crippen LogP contribution in [-0.4, -0.2) is 65.7 Å². The van der Waals surface area contributed by atoms with Crippen molar-refractivity contribution in [2.75, 3.05) is 32.7 Å². The van der Waals surface area contributed by atoms with Crippen molar-refractivity contribution in [3.8, 4) is 5.75 Å². The van der Waals surface area contributed by atoms with Crippen molar-refractivity contribution in [3.05, 3.63) is 29.8 Å². The molecule has 0 radical (unpaired) electrons. The summed E-state index contributed by atoms with van der Waals surface area (Å²) >= 11 is 0. The predicted molar refractivity (Wildman–Crippen MR) is 118 cm³/mol. The van der Waals surface area contributed by atoms with Gasteiger partial charge in [0.2, 0.25) is 5.91 Å². The van der Waals surface area contributed by atoms with Crippen LogP contribution < -0.4 is 10.1 Å². The molecule has 2 saturated heterocycles. The number of hydrogen-bond acceptors (Lipinski definition) is 5. The Morgan fingerprint density at radius 2 is 2.10 bits per heavy atom. The average Bonchev–Trinajstić information content (AvgIpc) is 3.30. The Morgan fingerprint density at radius 3 is 2.84 bits per heavy atom. The van der Waals surface area contributed by atoms with E-state index in [1.54, 1.807) is 4.90 Å². The minimum atomic E-state index is -0.506. The van der Waals surface area contributed by atoms with Crippen LogP contribution in [0.4, 0.5) is 4.79 Å². The van der Waals surface area contributed by atoms with Gasteiger partial charge in [-0.25, -0.2) is 4.79 Å². The quantitative estimate of drug-likeness (QED) is 0.726. The lowest BCUT2D eigenvalue weighted by Crippen LogP contribution is -2.47. The summed E-state index contributed by atoms with van der Waals surface area (Å²) in [6.07, 6.45) is 3.94. The molecule has 0 aromatic heterocycles. The van der Waals surface area contributed by atoms with E-state index in [-0.39, 0.29) is 18.0 Å². The van der Waals surface area contributed by atoms with Crippen LogP contribution in [0.3, 0.4) is 0 Å². The normalized spacial score (nSPS) is 25.6. The summed E-state index contributed by atoms with van der Waals surface area (Å²) in [5, 5.41) is 3.70. The van der Waals surface area contributed by atoms with Gasteiger partial charge in [0, 0.05) is 50.5 Å². The number of fused-ring (bicyclic) bond motifs is 1. The SMILES string of the molecule is CC(C)(C)OC(=O)N1CCC2(CC(NCCCN3CCCC3=O)c3ccccc3O2)C1. The van der Waals surface area contributed by atoms with E-state index < -0.39 is 11.2 Å². The molecule has 2 unspecified atom stereocenters. The van der Waals surface area contributed by atoms with E-state index in [9.17, 15) is 9.59 Å². The van der Waals surface area contributed by atoms with Gasteiger partial charge >= 0.3 is 6.09 Å². The maximum Gasteiger partial charge on any atom is 0.410 e. The molecule has 170 valence electrons. The van der Waals surface area contributed by atoms with Gasteiger partial charge in [0.25, 0.3) is 0 Å². The van der Waals surface area contributed by atoms with Crippen LogP contribution in [0.15, 0.2) is 24.3 Å². The van der Waals surface area contributed by atoms with Crippen LogP contribution >= 0.6 is 0 Å². The number of hydrogen-bond donors (Lipinski definition) is 1. The van der Waals surface area contributed by atoms with Crippen molar-refractivity contribution >= 4 is 12.0 Å². The molecular weight excluding hydrogens is 394 g/mol. The number of rotatable bonds is 5. The van der Waals surface area contributed by atoms with Crippen molar-refractivity contribution in [1.29, 1.82) is 0 Å². The molecule has 7 nitrogen and oxygen atoms in total. The number of carbonyl (C=O) groups is 2. The first-order valence-electron chi connectivity index (χ1n) is 11.5. The lowest BCUT2D eigenvalue weighted by molar-refractivity contribution is -0.127. The molecule has 1 aromatic carbocycles. The third-order valence-corrected chi connectivity index (χ3v) is 6.33. The second kappa shape index (κ2) is 8.69. The molecule has 0 saturated carbocycles. The second-order valence-corrected chi connectivity index (χ2v) is 10.0. The van der Waals surface area contributed by atoms with Gasteiger partial charge < -0.3 is 24.6 Å². The molecule has 1 aromatic rings. The molecule has 3 heterocycles. The van der Waals surface area contributed by atoms with E-state index in [0.29, 0.717) is 19.5 Å². The van der Waals surface area contributed by atoms with E-state index >= 15 is 0 Å². The summed E-state index contributed by atoms with van der Waals surface area (Å²) < 4.78 is 12.1. The first kappa shape index (κ1) is 21.9. The second-order valence-electron chi connectivity index (χ2n) is 10.0. The fraction of sp³-hybridized carbons (Fsp3) is 0.667. The zero-order valence-corrected chi connectivity index (χ0v) is 19.0. The van der Waals surface area contributed by atoms with E-state index in [1.165, 1.54) is 5.56 Å². The Labute approximate surface area is 185 Å². The third kappa shape index (κ3) is 5.14. The van der Waals surface area contributed by atoms with Crippen LogP contribution in [0.1, 0.15) is 64.5 Å². The molecule has 0 bridgehead atoms. The summed E-state index contributed by atoms with van der Waals surface area (Å²) in [6.45, 7) is 9.39. The zero-order valence-electron chi connectivity index (χ0n) is 19.0. The zero-order chi connectivity index (χ0) is 22.1. The molecule has 3 aliphatic heterocycles. The number of para-hydroxylation sites is 1. The highest BCUT2D eigenvalue weighted by Gasteiger charge is 2.47. The number of benzene rings is 1. The van der Waals surface area contributed by atoms with Crippen LogP contribution in [-0.2, 0) is 9.53 Å². The largest absolute Gasteiger partial charge is 0.485 e. The van der Waals surface area contributed by atoms with Crippen LogP contribution in [0.25, 0.3) is 0 Å². The van der Waals surface area contributed by atoms with Gasteiger partial charge in [-0.2, -0.15) is 0 Å². The number of likely N-dealkylation sites (tertiary alicyclic amines) is 2. The fourth-order valence-electron chi connectivity index (χ4n) is 4.86. The molecular formula is C24H35N3O4. The predicted octanol–water partition coefficient (Wildman–Crippen LogP) is 3.49. The van der Waals surface area contributed by atoms with Gasteiger partial charge in [-0.1, -0.05) is 18.2 Å². The molecule has 3 aliphatic rings. The maximum atomic E-state index is 12.6. The summed E-state index contributed by atoms with van der Waals surface area (Å²) in [6, 6.07) is 8.33. The van der Waals surface area contributed by atoms with Crippen molar-refractivity contribution in [2.45, 2.75) is 70.1 Å². The van der Waals surface area contributed by atoms with Gasteiger partial charge in [-0.05, 0) is 46.2 Å². The Bertz CT molecular complexity index is 821. The van der Waals surface area contributed by atoms with E-state index in [2.05, 4.69) is 11.4 Å². The summed E-state index contributed by atoms with van der Waals surface area (Å²) in [4.78, 5) is 28.1. The van der Waals surface area contributed by atoms with E-state index in [0.717, 1.165) is 51.1 Å². The van der Waals surface area contributed by atoms with Gasteiger partial charge in [-0.3, -0.25) is 4.79 Å². The number of carbonyl (C=O) groups excluding carboxylic acids is 2. The van der Waals surface area contributed by atoms with Gasteiger partial charge in [-0.15, -0.1) is 0 Å². The Balaban J connectivity index is 1.39. The van der Waals surface area contributed by atoms with Crippen molar-refractivity contribution in [1.82, 2.24) is 15.1 Å². The minimum Gasteiger partial charge on any atom is -0.485 e. The molecule has 31 heavy (non-hydrogen) atoms. The summed E-state index contributed by atoms with van der Waals surface area (Å²) in [7, 11) is 0. The molecule has 0 aliphatic carbocycles. The lowest BCUT2D eigenvalue weighted by Gasteiger charge is -2.40. The van der Waals surface area contributed by atoms with E-state index in [1.807, 2.05) is 43.9 Å². The highest BCUT2D eigenvalue weighted by Crippen LogP contribution is 2.43. The molecule has 1 N–H and O–H groups in total. The Hall–Kier alpha value is -2.28. The highest BCUT2D eigenvalue weighted by molar-refractivity contribution is 5.78. The van der Waals surface area contributed by atoms with Crippen LogP contribution in [0.5, 0.6) is 5.75 Å². The highest BCUT2D eigenvalue weighted by atomic mass is 16.6. The molecule has 1 spiro atoms. The number of ether oxygens (including phenoxy) is 2. The smallest absolute Gasteiger partial charge is 0.410 e. The van der Waals surface area contributed by atoms with Crippen LogP contribution in [0.2, 0.25) is 0 Å². The third-order valence-electron chi connectivity index (χ3n) is 6.33. The Kier molecular flexibility index (Phi) is 6.15. The summed E-state index contributed by atoms with van der Waals surface area (Å²) in [5.41, 5.74) is 0.266. The maximum absolute atomic E-state index is 12.6. The average molecular weight is 430 g/mol. The lowest BCUT2D eigenvalue weighted by atomic mass is 9.86. The van der Waals surface area contributed by atoms with Crippen LogP contribution in [0, 0.1) is 0 Å². The standard InChI is InChI=1S/C24H35N3O4/c1-23(2,3)31-22(29)27-15-11-24(17-27)16-19(18-8-4-5-9-20(18)30-24)25-12-7-14-26-13-6-10-21(26)28/h4-5,8-9,19,25H,6-7,10-17H2,1-3H3. The minimum absolute atomic E-state index is 0.165. The van der Waals surface area contributed by atoms with Gasteiger partial charge in [0.05, 0.1) is 6.54 Å². The number of nitrogens with one attached hydrogen (secondary N) is 1. The molecule has 2 atom stereocenters. The number of amides is 2. The molecule has 2 amide bonds. The van der Waals surface area contributed by atoms with Gasteiger partial charge in [0.1, 0.15) is 17.0 Å². The first-order chi connectivity index (χ1) is 14.7. The molecule has 7 heteroatoms. The monoisotopic (exact) mass is 429 g/mol. The topological polar surface area (TPSA) is 71.1 Å².